The lowest BCUT2D eigenvalue weighted by Gasteiger charge is -2.00. The first-order chi connectivity index (χ1) is 10.9. The van der Waals surface area contributed by atoms with Gasteiger partial charge >= 0.3 is 0 Å². The van der Waals surface area contributed by atoms with Crippen LogP contribution in [-0.4, -0.2) is 21.7 Å². The Morgan fingerprint density at radius 1 is 0.727 bits per heavy atom. The Hall–Kier alpha value is -3.14. The molecule has 0 unspecified atom stereocenters. The maximum atomic E-state index is 8.88. The number of nitrogens with zero attached hydrogens (tertiary/aromatic N) is 2. The fourth-order valence-electron chi connectivity index (χ4n) is 1.95. The van der Waals surface area contributed by atoms with Crippen molar-refractivity contribution in [3.8, 4) is 23.7 Å². The molecule has 1 N–H and O–H groups in total. The first-order valence-electron chi connectivity index (χ1n) is 6.80. The molecule has 0 atom stereocenters. The molecule has 22 heavy (non-hydrogen) atoms. The Balaban J connectivity index is 2.12. The van der Waals surface area contributed by atoms with Crippen LogP contribution < -0.4 is 0 Å². The molecule has 0 radical (unpaired) electrons. The molecule has 0 aliphatic heterocycles. The summed E-state index contributed by atoms with van der Waals surface area (Å²) in [5.74, 6) is 11.5. The fraction of sp³-hybridized carbons (Fsp3) is 0.0526. The van der Waals surface area contributed by atoms with E-state index in [0.29, 0.717) is 11.4 Å². The molecule has 3 aromatic rings. The monoisotopic (exact) mass is 284 g/mol. The third kappa shape index (κ3) is 3.12. The minimum absolute atomic E-state index is 0.222. The topological polar surface area (TPSA) is 46.0 Å². The van der Waals surface area contributed by atoms with Gasteiger partial charge in [-0.2, -0.15) is 0 Å². The van der Waals surface area contributed by atoms with E-state index in [0.717, 1.165) is 16.6 Å². The van der Waals surface area contributed by atoms with Gasteiger partial charge < -0.3 is 5.11 Å². The summed E-state index contributed by atoms with van der Waals surface area (Å²) in [5.41, 5.74) is 3.43. The number of rotatable bonds is 0. The minimum atomic E-state index is -0.222. The van der Waals surface area contributed by atoms with Gasteiger partial charge in [0, 0.05) is 5.56 Å². The summed E-state index contributed by atoms with van der Waals surface area (Å²) in [6, 6.07) is 17.2. The van der Waals surface area contributed by atoms with E-state index in [-0.39, 0.29) is 6.61 Å². The number of aromatic nitrogens is 2. The average Bonchev–Trinajstić information content (AvgIpc) is 2.58. The Labute approximate surface area is 128 Å². The smallest absolute Gasteiger partial charge is 0.148 e. The van der Waals surface area contributed by atoms with Gasteiger partial charge in [0.1, 0.15) is 18.0 Å². The Kier molecular flexibility index (Phi) is 4.11. The van der Waals surface area contributed by atoms with E-state index < -0.39 is 0 Å². The summed E-state index contributed by atoms with van der Waals surface area (Å²) < 4.78 is 0. The summed E-state index contributed by atoms with van der Waals surface area (Å²) in [6.45, 7) is -0.222. The van der Waals surface area contributed by atoms with Gasteiger partial charge in [-0.05, 0) is 36.1 Å². The molecule has 0 aliphatic rings. The van der Waals surface area contributed by atoms with Crippen LogP contribution in [0.2, 0.25) is 0 Å². The lowest BCUT2D eigenvalue weighted by atomic mass is 10.2. The maximum Gasteiger partial charge on any atom is 0.148 e. The molecule has 3 nitrogen and oxygen atoms in total. The summed E-state index contributed by atoms with van der Waals surface area (Å²) in [4.78, 5) is 9.00. The Morgan fingerprint density at radius 2 is 1.32 bits per heavy atom. The number of aliphatic hydroxyl groups is 1. The molecule has 2 aromatic carbocycles. The van der Waals surface area contributed by atoms with E-state index in [1.807, 2.05) is 54.6 Å². The highest BCUT2D eigenvalue weighted by Crippen LogP contribution is 2.11. The summed E-state index contributed by atoms with van der Waals surface area (Å²) >= 11 is 0. The van der Waals surface area contributed by atoms with Crippen molar-refractivity contribution >= 4 is 11.0 Å². The lowest BCUT2D eigenvalue weighted by molar-refractivity contribution is 0.350. The molecule has 0 amide bonds. The number of benzene rings is 2. The second kappa shape index (κ2) is 6.54. The van der Waals surface area contributed by atoms with Gasteiger partial charge in [-0.3, -0.25) is 0 Å². The molecule has 1 heterocycles. The van der Waals surface area contributed by atoms with Gasteiger partial charge in [0.2, 0.25) is 0 Å². The molecule has 0 fully saturated rings. The van der Waals surface area contributed by atoms with Crippen molar-refractivity contribution in [3.63, 3.8) is 0 Å². The van der Waals surface area contributed by atoms with Crippen molar-refractivity contribution in [3.05, 3.63) is 71.5 Å². The van der Waals surface area contributed by atoms with Crippen molar-refractivity contribution in [2.24, 2.45) is 0 Å². The third-order valence-corrected chi connectivity index (χ3v) is 2.96. The van der Waals surface area contributed by atoms with Gasteiger partial charge in [0.05, 0.1) is 11.0 Å². The van der Waals surface area contributed by atoms with Crippen LogP contribution in [0.25, 0.3) is 11.0 Å². The Bertz CT molecular complexity index is 926. The fourth-order valence-corrected chi connectivity index (χ4v) is 1.95. The summed E-state index contributed by atoms with van der Waals surface area (Å²) in [6.07, 6.45) is 0. The highest BCUT2D eigenvalue weighted by molar-refractivity contribution is 5.75. The molecule has 3 heteroatoms. The predicted octanol–water partition coefficient (Wildman–Crippen LogP) is 2.37. The van der Waals surface area contributed by atoms with Crippen LogP contribution in [0.4, 0.5) is 0 Å². The van der Waals surface area contributed by atoms with Crippen LogP contribution in [0.1, 0.15) is 17.0 Å². The van der Waals surface area contributed by atoms with Crippen LogP contribution in [0.15, 0.2) is 54.6 Å². The minimum Gasteiger partial charge on any atom is -0.384 e. The number of para-hydroxylation sites is 2. The van der Waals surface area contributed by atoms with E-state index in [1.54, 1.807) is 0 Å². The van der Waals surface area contributed by atoms with Gasteiger partial charge in [-0.15, -0.1) is 0 Å². The molecule has 0 spiro atoms. The normalized spacial score (nSPS) is 9.50. The molecule has 0 saturated heterocycles. The van der Waals surface area contributed by atoms with E-state index in [2.05, 4.69) is 33.6 Å². The van der Waals surface area contributed by atoms with Crippen LogP contribution in [0, 0.1) is 23.7 Å². The zero-order chi connectivity index (χ0) is 15.2. The number of hydrogen-bond acceptors (Lipinski definition) is 3. The van der Waals surface area contributed by atoms with Gasteiger partial charge in [0.15, 0.2) is 0 Å². The third-order valence-electron chi connectivity index (χ3n) is 2.96. The van der Waals surface area contributed by atoms with Crippen LogP contribution in [-0.2, 0) is 0 Å². The number of hydrogen-bond donors (Lipinski definition) is 1. The second-order valence-electron chi connectivity index (χ2n) is 4.49. The van der Waals surface area contributed by atoms with Crippen molar-refractivity contribution < 1.29 is 5.11 Å². The summed E-state index contributed by atoms with van der Waals surface area (Å²) in [7, 11) is 0. The molecule has 3 rings (SSSR count). The highest BCUT2D eigenvalue weighted by atomic mass is 16.2. The van der Waals surface area contributed by atoms with Crippen molar-refractivity contribution in [1.29, 1.82) is 0 Å². The second-order valence-corrected chi connectivity index (χ2v) is 4.49. The highest BCUT2D eigenvalue weighted by Gasteiger charge is 2.04. The molecule has 1 aromatic heterocycles. The molecule has 0 aliphatic carbocycles. The van der Waals surface area contributed by atoms with Crippen LogP contribution in [0.3, 0.4) is 0 Å². The average molecular weight is 284 g/mol. The first kappa shape index (κ1) is 13.8. The van der Waals surface area contributed by atoms with Gasteiger partial charge in [0.25, 0.3) is 0 Å². The predicted molar refractivity (Wildman–Crippen MR) is 85.9 cm³/mol. The molecule has 104 valence electrons. The van der Waals surface area contributed by atoms with Gasteiger partial charge in [-0.1, -0.05) is 42.2 Å². The van der Waals surface area contributed by atoms with Crippen molar-refractivity contribution in [1.82, 2.24) is 9.97 Å². The van der Waals surface area contributed by atoms with E-state index >= 15 is 0 Å². The number of aliphatic hydroxyl groups excluding tert-OH is 1. The molecule has 0 saturated carbocycles. The zero-order valence-corrected chi connectivity index (χ0v) is 11.7. The van der Waals surface area contributed by atoms with Gasteiger partial charge in [-0.25, -0.2) is 9.97 Å². The van der Waals surface area contributed by atoms with Crippen molar-refractivity contribution in [2.75, 3.05) is 6.61 Å². The van der Waals surface area contributed by atoms with Crippen LogP contribution >= 0.6 is 0 Å². The lowest BCUT2D eigenvalue weighted by Crippen LogP contribution is -1.96. The largest absolute Gasteiger partial charge is 0.384 e. The molecular formula is C19H12N2O. The zero-order valence-electron chi connectivity index (χ0n) is 11.7. The van der Waals surface area contributed by atoms with Crippen LogP contribution in [0.5, 0.6) is 0 Å². The quantitative estimate of drug-likeness (QED) is 0.645. The molecular weight excluding hydrogens is 272 g/mol. The standard InChI is InChI=1S/C19H12N2O/c22-14-6-11-18-19(13-12-15-7-2-1-3-8-15)21-17-10-5-4-9-16(17)20-18/h1-5,7-10,22H,14H2. The molecule has 0 bridgehead atoms. The Morgan fingerprint density at radius 3 is 1.95 bits per heavy atom. The number of fused-ring (bicyclic) bond motifs is 1. The summed E-state index contributed by atoms with van der Waals surface area (Å²) in [5, 5.41) is 8.88. The van der Waals surface area contributed by atoms with E-state index in [9.17, 15) is 0 Å². The first-order valence-corrected chi connectivity index (χ1v) is 6.80. The van der Waals surface area contributed by atoms with E-state index in [1.165, 1.54) is 0 Å². The van der Waals surface area contributed by atoms with Crippen molar-refractivity contribution in [2.45, 2.75) is 0 Å². The van der Waals surface area contributed by atoms with E-state index in [4.69, 9.17) is 5.11 Å². The maximum absolute atomic E-state index is 8.88. The SMILES string of the molecule is OCC#Cc1nc2ccccc2nc1C#Cc1ccccc1.